The Labute approximate surface area is 230 Å². The first-order valence-corrected chi connectivity index (χ1v) is 14.0. The highest BCUT2D eigenvalue weighted by Gasteiger charge is 2.42. The highest BCUT2D eigenvalue weighted by Crippen LogP contribution is 2.44. The number of aromatic nitrogens is 2. The van der Waals surface area contributed by atoms with Gasteiger partial charge in [-0.25, -0.2) is 8.42 Å². The normalized spacial score (nSPS) is 17.1. The van der Waals surface area contributed by atoms with Crippen molar-refractivity contribution in [3.8, 4) is 11.4 Å². The van der Waals surface area contributed by atoms with E-state index in [1.54, 1.807) is 36.5 Å². The summed E-state index contributed by atoms with van der Waals surface area (Å²) in [5, 5.41) is 15.2. The number of nitrogens with one attached hydrogen (secondary N) is 2. The molecular weight excluding hydrogens is 540 g/mol. The van der Waals surface area contributed by atoms with E-state index in [0.29, 0.717) is 22.2 Å². The molecule has 2 aromatic heterocycles. The molecule has 5 rings (SSSR count). The molecule has 0 bridgehead atoms. The number of anilines is 2. The molecule has 0 aliphatic carbocycles. The maximum absolute atomic E-state index is 12.1. The molecule has 39 heavy (non-hydrogen) atoms. The molecule has 0 radical (unpaired) electrons. The lowest BCUT2D eigenvalue weighted by molar-refractivity contribution is -0.384. The summed E-state index contributed by atoms with van der Waals surface area (Å²) < 4.78 is 33.8. The average molecular weight is 565 g/mol. The van der Waals surface area contributed by atoms with E-state index < -0.39 is 21.0 Å². The quantitative estimate of drug-likeness (QED) is 0.182. The summed E-state index contributed by atoms with van der Waals surface area (Å²) in [6, 6.07) is 20.0. The second-order valence-electron chi connectivity index (χ2n) is 8.84. The number of hydrogen-bond acceptors (Lipinski definition) is 7. The van der Waals surface area contributed by atoms with Gasteiger partial charge in [0.05, 0.1) is 41.4 Å². The van der Waals surface area contributed by atoms with Crippen molar-refractivity contribution in [2.45, 2.75) is 12.1 Å². The fourth-order valence-electron chi connectivity index (χ4n) is 4.69. The molecule has 4 aromatic rings. The van der Waals surface area contributed by atoms with E-state index in [4.69, 9.17) is 17.0 Å². The Hall–Kier alpha value is -4.49. The van der Waals surface area contributed by atoms with Crippen LogP contribution in [0.1, 0.15) is 23.5 Å². The number of nitrogens with zero attached hydrogens (tertiary/aromatic N) is 4. The van der Waals surface area contributed by atoms with Crippen molar-refractivity contribution in [3.63, 3.8) is 0 Å². The van der Waals surface area contributed by atoms with Crippen LogP contribution in [-0.4, -0.2) is 41.4 Å². The van der Waals surface area contributed by atoms with Crippen molar-refractivity contribution < 1.29 is 18.1 Å². The number of hydrogen-bond donors (Lipinski definition) is 2. The van der Waals surface area contributed by atoms with Gasteiger partial charge in [-0.2, -0.15) is 0 Å². The van der Waals surface area contributed by atoms with E-state index in [-0.39, 0.29) is 17.4 Å². The predicted octanol–water partition coefficient (Wildman–Crippen LogP) is 4.34. The SMILES string of the molecule is COc1ccc(N2C(=S)NC(c3ccccn3)C2c2cccn2-c2cccc([N+](=O)[O-])c2)cc1NS(C)(=O)=O. The third-order valence-corrected chi connectivity index (χ3v) is 7.16. The number of non-ortho nitro benzene ring substituents is 1. The van der Waals surface area contributed by atoms with Crippen LogP contribution in [0.5, 0.6) is 5.75 Å². The molecule has 200 valence electrons. The molecule has 2 atom stereocenters. The van der Waals surface area contributed by atoms with E-state index >= 15 is 0 Å². The lowest BCUT2D eigenvalue weighted by Gasteiger charge is -2.29. The van der Waals surface area contributed by atoms with Gasteiger partial charge < -0.3 is 19.5 Å². The molecule has 0 saturated carbocycles. The van der Waals surface area contributed by atoms with Gasteiger partial charge in [0.15, 0.2) is 5.11 Å². The maximum Gasteiger partial charge on any atom is 0.271 e. The fraction of sp³-hybridized carbons (Fsp3) is 0.154. The highest BCUT2D eigenvalue weighted by molar-refractivity contribution is 7.92. The summed E-state index contributed by atoms with van der Waals surface area (Å²) in [7, 11) is -2.14. The number of ether oxygens (including phenoxy) is 1. The lowest BCUT2D eigenvalue weighted by atomic mass is 10.0. The van der Waals surface area contributed by atoms with Crippen LogP contribution in [0.15, 0.2) is 85.2 Å². The van der Waals surface area contributed by atoms with Crippen LogP contribution in [0, 0.1) is 10.1 Å². The number of methoxy groups -OCH3 is 1. The zero-order valence-electron chi connectivity index (χ0n) is 20.9. The van der Waals surface area contributed by atoms with E-state index in [9.17, 15) is 18.5 Å². The summed E-state index contributed by atoms with van der Waals surface area (Å²) in [5.74, 6) is 0.347. The minimum absolute atomic E-state index is 0.0306. The predicted molar refractivity (Wildman–Crippen MR) is 152 cm³/mol. The number of pyridine rings is 1. The zero-order valence-corrected chi connectivity index (χ0v) is 22.5. The molecule has 0 amide bonds. The molecule has 3 heterocycles. The van der Waals surface area contributed by atoms with Gasteiger partial charge in [0.2, 0.25) is 10.0 Å². The highest BCUT2D eigenvalue weighted by atomic mass is 32.2. The molecule has 1 aliphatic heterocycles. The first-order chi connectivity index (χ1) is 18.7. The summed E-state index contributed by atoms with van der Waals surface area (Å²) in [6.07, 6.45) is 4.59. The van der Waals surface area contributed by atoms with E-state index in [1.165, 1.54) is 19.2 Å². The molecule has 2 aromatic carbocycles. The van der Waals surface area contributed by atoms with Gasteiger partial charge in [-0.1, -0.05) is 12.1 Å². The topological polar surface area (TPSA) is 132 Å². The summed E-state index contributed by atoms with van der Waals surface area (Å²) >= 11 is 5.80. The second-order valence-corrected chi connectivity index (χ2v) is 11.0. The van der Waals surface area contributed by atoms with Gasteiger partial charge in [-0.3, -0.25) is 19.8 Å². The van der Waals surface area contributed by atoms with E-state index in [0.717, 1.165) is 17.6 Å². The molecule has 11 nitrogen and oxygen atoms in total. The average Bonchev–Trinajstić information content (AvgIpc) is 3.52. The number of nitro groups is 1. The molecule has 0 spiro atoms. The van der Waals surface area contributed by atoms with Crippen LogP contribution in [0.4, 0.5) is 17.1 Å². The van der Waals surface area contributed by atoms with Gasteiger partial charge in [-0.05, 0) is 60.7 Å². The molecule has 1 fully saturated rings. The van der Waals surface area contributed by atoms with Crippen molar-refractivity contribution in [2.24, 2.45) is 0 Å². The lowest BCUT2D eigenvalue weighted by Crippen LogP contribution is -2.30. The van der Waals surface area contributed by atoms with Crippen molar-refractivity contribution in [1.29, 1.82) is 0 Å². The third kappa shape index (κ3) is 5.26. The van der Waals surface area contributed by atoms with Crippen molar-refractivity contribution in [1.82, 2.24) is 14.9 Å². The standard InChI is InChI=1S/C26H24N6O5S2/c1-37-23-12-11-18(16-21(23)29-39(2,35)36)31-25(24(28-26(31)38)20-9-3-4-13-27-20)22-10-6-14-30(22)17-7-5-8-19(15-17)32(33)34/h3-16,24-25,29H,1-2H3,(H,28,38). The number of nitro benzene ring substituents is 1. The first-order valence-electron chi connectivity index (χ1n) is 11.7. The van der Waals surface area contributed by atoms with Crippen molar-refractivity contribution in [3.05, 3.63) is 107 Å². The zero-order chi connectivity index (χ0) is 27.7. The molecule has 1 aliphatic rings. The maximum atomic E-state index is 12.1. The molecule has 1 saturated heterocycles. The van der Waals surface area contributed by atoms with Crippen LogP contribution < -0.4 is 19.7 Å². The Morgan fingerprint density at radius 1 is 1.08 bits per heavy atom. The molecular formula is C26H24N6O5S2. The smallest absolute Gasteiger partial charge is 0.271 e. The van der Waals surface area contributed by atoms with Gasteiger partial charge in [0.25, 0.3) is 5.69 Å². The molecule has 2 N–H and O–H groups in total. The van der Waals surface area contributed by atoms with Crippen LogP contribution in [0.3, 0.4) is 0 Å². The minimum Gasteiger partial charge on any atom is -0.495 e. The van der Waals surface area contributed by atoms with Crippen molar-refractivity contribution in [2.75, 3.05) is 23.0 Å². The van der Waals surface area contributed by atoms with Gasteiger partial charge >= 0.3 is 0 Å². The van der Waals surface area contributed by atoms with Gasteiger partial charge in [0, 0.05) is 35.9 Å². The Kier molecular flexibility index (Phi) is 6.93. The van der Waals surface area contributed by atoms with Crippen LogP contribution in [0.2, 0.25) is 0 Å². The van der Waals surface area contributed by atoms with Crippen LogP contribution >= 0.6 is 12.2 Å². The summed E-state index contributed by atoms with van der Waals surface area (Å²) in [6.45, 7) is 0. The van der Waals surface area contributed by atoms with Crippen molar-refractivity contribution >= 4 is 44.4 Å². The number of benzene rings is 2. The molecule has 13 heteroatoms. The van der Waals surface area contributed by atoms with Gasteiger partial charge in [-0.15, -0.1) is 0 Å². The first kappa shape index (κ1) is 26.1. The van der Waals surface area contributed by atoms with Crippen LogP contribution in [0.25, 0.3) is 5.69 Å². The van der Waals surface area contributed by atoms with Crippen LogP contribution in [-0.2, 0) is 10.0 Å². The van der Waals surface area contributed by atoms with E-state index in [1.807, 2.05) is 46.0 Å². The Bertz CT molecular complexity index is 1660. The largest absolute Gasteiger partial charge is 0.495 e. The monoisotopic (exact) mass is 564 g/mol. The van der Waals surface area contributed by atoms with E-state index in [2.05, 4.69) is 15.0 Å². The summed E-state index contributed by atoms with van der Waals surface area (Å²) in [5.41, 5.74) is 2.96. The Balaban J connectivity index is 1.67. The second kappa shape index (κ2) is 10.3. The number of thiocarbonyl (C=S) groups is 1. The minimum atomic E-state index is -3.59. The Morgan fingerprint density at radius 3 is 2.59 bits per heavy atom. The fourth-order valence-corrected chi connectivity index (χ4v) is 5.59. The molecule has 2 unspecified atom stereocenters. The number of rotatable bonds is 8. The summed E-state index contributed by atoms with van der Waals surface area (Å²) in [4.78, 5) is 17.5. The third-order valence-electron chi connectivity index (χ3n) is 6.26. The Morgan fingerprint density at radius 2 is 1.90 bits per heavy atom. The van der Waals surface area contributed by atoms with Gasteiger partial charge in [0.1, 0.15) is 11.8 Å². The number of sulfonamides is 1.